The number of hydrogen-bond acceptors (Lipinski definition) is 6. The summed E-state index contributed by atoms with van der Waals surface area (Å²) in [6, 6.07) is 6.83. The topological polar surface area (TPSA) is 85.0 Å². The molecule has 2 aromatic heterocycles. The fourth-order valence-electron chi connectivity index (χ4n) is 3.28. The second kappa shape index (κ2) is 6.08. The van der Waals surface area contributed by atoms with Gasteiger partial charge in [0.05, 0.1) is 28.2 Å². The highest BCUT2D eigenvalue weighted by molar-refractivity contribution is 5.97. The molecular formula is C18H17N5O2. The molecule has 1 aliphatic rings. The lowest BCUT2D eigenvalue weighted by atomic mass is 10.0. The number of benzene rings is 1. The van der Waals surface area contributed by atoms with Crippen LogP contribution in [0.4, 0.5) is 11.4 Å². The molecule has 0 spiro atoms. The average Bonchev–Trinajstić information content (AvgIpc) is 2.66. The van der Waals surface area contributed by atoms with Gasteiger partial charge in [-0.2, -0.15) is 0 Å². The first-order chi connectivity index (χ1) is 12.2. The predicted molar refractivity (Wildman–Crippen MR) is 94.6 cm³/mol. The van der Waals surface area contributed by atoms with Crippen molar-refractivity contribution in [1.29, 1.82) is 0 Å². The lowest BCUT2D eigenvalue weighted by Crippen LogP contribution is -2.31. The third-order valence-electron chi connectivity index (χ3n) is 4.57. The molecule has 7 heteroatoms. The standard InChI is InChI=1S/C18H17N5O2/c1-2-17-20-10-12-7-9-22(11-14(12)21-17)16-6-5-15(23(24)25)13-4-3-8-19-18(13)16/h3-6,8,10H,2,7,9,11H2,1H3. The van der Waals surface area contributed by atoms with Gasteiger partial charge in [-0.1, -0.05) is 6.92 Å². The zero-order chi connectivity index (χ0) is 17.4. The molecule has 1 aliphatic heterocycles. The van der Waals surface area contributed by atoms with Crippen LogP contribution in [0.15, 0.2) is 36.7 Å². The monoisotopic (exact) mass is 335 g/mol. The molecule has 4 rings (SSSR count). The second-order valence-electron chi connectivity index (χ2n) is 6.04. The van der Waals surface area contributed by atoms with Gasteiger partial charge in [0.15, 0.2) is 0 Å². The normalized spacial score (nSPS) is 13.7. The Kier molecular flexibility index (Phi) is 3.76. The molecule has 0 radical (unpaired) electrons. The summed E-state index contributed by atoms with van der Waals surface area (Å²) in [6.45, 7) is 3.51. The zero-order valence-electron chi connectivity index (χ0n) is 13.8. The first-order valence-electron chi connectivity index (χ1n) is 8.28. The van der Waals surface area contributed by atoms with Gasteiger partial charge in [-0.3, -0.25) is 15.1 Å². The van der Waals surface area contributed by atoms with E-state index in [9.17, 15) is 10.1 Å². The van der Waals surface area contributed by atoms with Crippen LogP contribution in [-0.2, 0) is 19.4 Å². The third-order valence-corrected chi connectivity index (χ3v) is 4.57. The number of nitro benzene ring substituents is 1. The minimum atomic E-state index is -0.361. The van der Waals surface area contributed by atoms with Crippen LogP contribution in [0.3, 0.4) is 0 Å². The van der Waals surface area contributed by atoms with Gasteiger partial charge in [-0.25, -0.2) is 9.97 Å². The summed E-state index contributed by atoms with van der Waals surface area (Å²) >= 11 is 0. The van der Waals surface area contributed by atoms with Gasteiger partial charge in [0.25, 0.3) is 5.69 Å². The number of anilines is 1. The summed E-state index contributed by atoms with van der Waals surface area (Å²) in [6.07, 6.45) is 5.25. The molecule has 1 aromatic carbocycles. The minimum absolute atomic E-state index is 0.0832. The van der Waals surface area contributed by atoms with Crippen LogP contribution in [0.25, 0.3) is 10.9 Å². The Labute approximate surface area is 144 Å². The van der Waals surface area contributed by atoms with E-state index < -0.39 is 0 Å². The fourth-order valence-corrected chi connectivity index (χ4v) is 3.28. The van der Waals surface area contributed by atoms with Crippen LogP contribution < -0.4 is 4.90 Å². The van der Waals surface area contributed by atoms with Crippen molar-refractivity contribution in [3.63, 3.8) is 0 Å². The van der Waals surface area contributed by atoms with E-state index in [-0.39, 0.29) is 10.6 Å². The molecule has 0 bridgehead atoms. The van der Waals surface area contributed by atoms with Crippen molar-refractivity contribution in [2.75, 3.05) is 11.4 Å². The van der Waals surface area contributed by atoms with Gasteiger partial charge in [-0.05, 0) is 30.2 Å². The molecule has 7 nitrogen and oxygen atoms in total. The Morgan fingerprint density at radius 2 is 2.16 bits per heavy atom. The van der Waals surface area contributed by atoms with Gasteiger partial charge >= 0.3 is 0 Å². The number of aromatic nitrogens is 3. The van der Waals surface area contributed by atoms with Crippen LogP contribution in [0.2, 0.25) is 0 Å². The highest BCUT2D eigenvalue weighted by Crippen LogP contribution is 2.34. The SMILES string of the molecule is CCc1ncc2c(n1)CN(c1ccc([N+](=O)[O-])c3cccnc13)CC2. The zero-order valence-corrected chi connectivity index (χ0v) is 13.8. The van der Waals surface area contributed by atoms with Crippen LogP contribution in [-0.4, -0.2) is 26.4 Å². The van der Waals surface area contributed by atoms with Crippen LogP contribution >= 0.6 is 0 Å². The van der Waals surface area contributed by atoms with E-state index in [0.29, 0.717) is 17.4 Å². The summed E-state index contributed by atoms with van der Waals surface area (Å²) in [5.41, 5.74) is 3.85. The first-order valence-corrected chi connectivity index (χ1v) is 8.28. The second-order valence-corrected chi connectivity index (χ2v) is 6.04. The maximum Gasteiger partial charge on any atom is 0.278 e. The Morgan fingerprint density at radius 1 is 1.28 bits per heavy atom. The molecule has 0 fully saturated rings. The Hall–Kier alpha value is -3.09. The summed E-state index contributed by atoms with van der Waals surface area (Å²) in [7, 11) is 0. The number of aryl methyl sites for hydroxylation is 1. The Balaban J connectivity index is 1.78. The summed E-state index contributed by atoms with van der Waals surface area (Å²) < 4.78 is 0. The molecule has 25 heavy (non-hydrogen) atoms. The van der Waals surface area contributed by atoms with Gasteiger partial charge in [0.1, 0.15) is 11.3 Å². The maximum absolute atomic E-state index is 11.3. The lowest BCUT2D eigenvalue weighted by molar-refractivity contribution is -0.383. The highest BCUT2D eigenvalue weighted by Gasteiger charge is 2.23. The fraction of sp³-hybridized carbons (Fsp3) is 0.278. The lowest BCUT2D eigenvalue weighted by Gasteiger charge is -2.30. The smallest absolute Gasteiger partial charge is 0.278 e. The maximum atomic E-state index is 11.3. The van der Waals surface area contributed by atoms with Crippen LogP contribution in [0.1, 0.15) is 24.0 Å². The van der Waals surface area contributed by atoms with Crippen molar-refractivity contribution in [3.05, 3.63) is 63.9 Å². The average molecular weight is 335 g/mol. The van der Waals surface area contributed by atoms with Crippen molar-refractivity contribution < 1.29 is 4.92 Å². The van der Waals surface area contributed by atoms with Crippen molar-refractivity contribution >= 4 is 22.3 Å². The molecule has 0 amide bonds. The Morgan fingerprint density at radius 3 is 2.96 bits per heavy atom. The number of fused-ring (bicyclic) bond motifs is 2. The first kappa shape index (κ1) is 15.4. The van der Waals surface area contributed by atoms with E-state index in [2.05, 4.69) is 19.9 Å². The van der Waals surface area contributed by atoms with Gasteiger partial charge in [0, 0.05) is 31.4 Å². The van der Waals surface area contributed by atoms with E-state index in [1.165, 1.54) is 5.56 Å². The van der Waals surface area contributed by atoms with E-state index in [1.807, 2.05) is 13.1 Å². The molecule has 0 saturated carbocycles. The van der Waals surface area contributed by atoms with Crippen molar-refractivity contribution in [2.45, 2.75) is 26.3 Å². The summed E-state index contributed by atoms with van der Waals surface area (Å²) in [4.78, 5) is 26.5. The molecule has 3 aromatic rings. The molecular weight excluding hydrogens is 318 g/mol. The van der Waals surface area contributed by atoms with Crippen LogP contribution in [0.5, 0.6) is 0 Å². The van der Waals surface area contributed by atoms with Crippen molar-refractivity contribution in [2.24, 2.45) is 0 Å². The third kappa shape index (κ3) is 2.67. The molecule has 126 valence electrons. The highest BCUT2D eigenvalue weighted by atomic mass is 16.6. The van der Waals surface area contributed by atoms with E-state index in [0.717, 1.165) is 36.6 Å². The number of pyridine rings is 1. The van der Waals surface area contributed by atoms with Crippen molar-refractivity contribution in [1.82, 2.24) is 15.0 Å². The number of nitro groups is 1. The van der Waals surface area contributed by atoms with E-state index in [1.54, 1.807) is 30.5 Å². The largest absolute Gasteiger partial charge is 0.364 e. The number of non-ortho nitro benzene ring substituents is 1. The van der Waals surface area contributed by atoms with Gasteiger partial charge in [0.2, 0.25) is 0 Å². The summed E-state index contributed by atoms with van der Waals surface area (Å²) in [5.74, 6) is 0.840. The molecule has 0 unspecified atom stereocenters. The van der Waals surface area contributed by atoms with Crippen LogP contribution in [0, 0.1) is 10.1 Å². The van der Waals surface area contributed by atoms with Crippen molar-refractivity contribution in [3.8, 4) is 0 Å². The molecule has 0 atom stereocenters. The molecule has 0 saturated heterocycles. The summed E-state index contributed by atoms with van der Waals surface area (Å²) in [5, 5.41) is 11.8. The molecule has 3 heterocycles. The Bertz CT molecular complexity index is 973. The minimum Gasteiger partial charge on any atom is -0.364 e. The predicted octanol–water partition coefficient (Wildman–Crippen LogP) is 3.06. The number of hydrogen-bond donors (Lipinski definition) is 0. The number of rotatable bonds is 3. The van der Waals surface area contributed by atoms with E-state index in [4.69, 9.17) is 0 Å². The quantitative estimate of drug-likeness (QED) is 0.540. The molecule has 0 N–H and O–H groups in total. The van der Waals surface area contributed by atoms with Gasteiger partial charge < -0.3 is 4.90 Å². The molecule has 0 aliphatic carbocycles. The van der Waals surface area contributed by atoms with Gasteiger partial charge in [-0.15, -0.1) is 0 Å². The number of nitrogens with zero attached hydrogens (tertiary/aromatic N) is 5. The van der Waals surface area contributed by atoms with E-state index >= 15 is 0 Å².